The van der Waals surface area contributed by atoms with Gasteiger partial charge >= 0.3 is 6.03 Å². The van der Waals surface area contributed by atoms with Gasteiger partial charge in [0.05, 0.1) is 0 Å². The van der Waals surface area contributed by atoms with E-state index in [9.17, 15) is 14.3 Å². The molecule has 2 aliphatic rings. The summed E-state index contributed by atoms with van der Waals surface area (Å²) >= 11 is 0. The van der Waals surface area contributed by atoms with Gasteiger partial charge in [-0.1, -0.05) is 6.07 Å². The second-order valence-electron chi connectivity index (χ2n) is 7.05. The number of hydrogen-bond donors (Lipinski definition) is 2. The average Bonchev–Trinajstić information content (AvgIpc) is 2.63. The first-order chi connectivity index (χ1) is 12.2. The molecule has 1 atom stereocenters. The van der Waals surface area contributed by atoms with Crippen LogP contribution in [0.15, 0.2) is 24.3 Å². The first kappa shape index (κ1) is 18.0. The minimum atomic E-state index is -0.215. The normalized spacial score (nSPS) is 22.1. The summed E-state index contributed by atoms with van der Waals surface area (Å²) in [5, 5.41) is 12.4. The summed E-state index contributed by atoms with van der Waals surface area (Å²) in [5.74, 6) is -0.215. The molecule has 0 bridgehead atoms. The molecule has 0 spiro atoms. The van der Waals surface area contributed by atoms with E-state index in [1.807, 2.05) is 11.0 Å². The van der Waals surface area contributed by atoms with Crippen molar-refractivity contribution in [1.29, 1.82) is 0 Å². The second kappa shape index (κ2) is 8.52. The van der Waals surface area contributed by atoms with E-state index in [4.69, 9.17) is 0 Å². The number of hydrogen-bond acceptors (Lipinski definition) is 3. The number of rotatable bonds is 4. The topological polar surface area (TPSA) is 55.8 Å². The number of carbonyl (C=O) groups excluding carboxylic acids is 1. The number of aliphatic hydroxyl groups is 1. The van der Waals surface area contributed by atoms with Gasteiger partial charge in [-0.2, -0.15) is 0 Å². The molecular weight excluding hydrogens is 321 g/mol. The molecule has 2 saturated heterocycles. The lowest BCUT2D eigenvalue weighted by Crippen LogP contribution is -2.53. The Bertz CT molecular complexity index is 574. The van der Waals surface area contributed by atoms with Crippen molar-refractivity contribution in [3.8, 4) is 0 Å². The average molecular weight is 349 g/mol. The van der Waals surface area contributed by atoms with Crippen molar-refractivity contribution in [1.82, 2.24) is 10.2 Å². The number of aliphatic hydroxyl groups excluding tert-OH is 1. The molecule has 0 aliphatic carbocycles. The Labute approximate surface area is 148 Å². The van der Waals surface area contributed by atoms with E-state index in [1.54, 1.807) is 12.1 Å². The predicted molar refractivity (Wildman–Crippen MR) is 96.2 cm³/mol. The Morgan fingerprint density at radius 2 is 2.00 bits per heavy atom. The van der Waals surface area contributed by atoms with Crippen molar-refractivity contribution in [2.24, 2.45) is 0 Å². The maximum absolute atomic E-state index is 13.4. The summed E-state index contributed by atoms with van der Waals surface area (Å²) in [5.41, 5.74) is 0.906. The maximum atomic E-state index is 13.4. The van der Waals surface area contributed by atoms with Crippen molar-refractivity contribution < 1.29 is 14.3 Å². The van der Waals surface area contributed by atoms with E-state index in [2.05, 4.69) is 10.2 Å². The summed E-state index contributed by atoms with van der Waals surface area (Å²) in [6.07, 6.45) is 5.52. The van der Waals surface area contributed by atoms with Crippen molar-refractivity contribution in [2.75, 3.05) is 31.1 Å². The number of anilines is 1. The molecule has 6 heteroatoms. The number of piperidine rings is 2. The zero-order valence-corrected chi connectivity index (χ0v) is 14.7. The highest BCUT2D eigenvalue weighted by Crippen LogP contribution is 2.22. The molecule has 2 aliphatic heterocycles. The molecule has 2 N–H and O–H groups in total. The van der Waals surface area contributed by atoms with Crippen molar-refractivity contribution in [3.05, 3.63) is 30.1 Å². The lowest BCUT2D eigenvalue weighted by Gasteiger charge is -2.38. The van der Waals surface area contributed by atoms with Crippen molar-refractivity contribution in [2.45, 2.75) is 50.6 Å². The lowest BCUT2D eigenvalue weighted by molar-refractivity contribution is 0.128. The summed E-state index contributed by atoms with van der Waals surface area (Å²) < 4.78 is 13.4. The van der Waals surface area contributed by atoms with Crippen LogP contribution in [0.1, 0.15) is 38.5 Å². The van der Waals surface area contributed by atoms with Gasteiger partial charge in [-0.25, -0.2) is 9.18 Å². The fourth-order valence-corrected chi connectivity index (χ4v) is 3.93. The van der Waals surface area contributed by atoms with E-state index >= 15 is 0 Å². The predicted octanol–water partition coefficient (Wildman–Crippen LogP) is 2.74. The smallest absolute Gasteiger partial charge is 0.317 e. The van der Waals surface area contributed by atoms with Gasteiger partial charge in [0.2, 0.25) is 0 Å². The molecule has 0 unspecified atom stereocenters. The Kier molecular flexibility index (Phi) is 6.13. The number of benzene rings is 1. The maximum Gasteiger partial charge on any atom is 0.317 e. The van der Waals surface area contributed by atoms with Crippen LogP contribution in [0.3, 0.4) is 0 Å². The van der Waals surface area contributed by atoms with Crippen molar-refractivity contribution in [3.63, 3.8) is 0 Å². The Balaban J connectivity index is 1.50. The van der Waals surface area contributed by atoms with Gasteiger partial charge in [0.15, 0.2) is 0 Å². The molecular formula is C19H28FN3O2. The zero-order valence-electron chi connectivity index (χ0n) is 14.7. The van der Waals surface area contributed by atoms with E-state index in [-0.39, 0.29) is 30.5 Å². The Morgan fingerprint density at radius 1 is 1.20 bits per heavy atom. The highest BCUT2D eigenvalue weighted by molar-refractivity contribution is 5.75. The molecule has 2 amide bonds. The monoisotopic (exact) mass is 349 g/mol. The summed E-state index contributed by atoms with van der Waals surface area (Å²) in [7, 11) is 0. The molecule has 1 aromatic carbocycles. The molecule has 3 rings (SSSR count). The van der Waals surface area contributed by atoms with Gasteiger partial charge in [0, 0.05) is 44.0 Å². The minimum absolute atomic E-state index is 0.00218. The fourth-order valence-electron chi connectivity index (χ4n) is 3.93. The SMILES string of the molecule is O=C(NC1CCN(c2cccc(F)c2)CC1)N1CCCC[C@H]1CCO. The Morgan fingerprint density at radius 3 is 2.72 bits per heavy atom. The number of carbonyl (C=O) groups is 1. The number of amides is 2. The summed E-state index contributed by atoms with van der Waals surface area (Å²) in [4.78, 5) is 16.7. The van der Waals surface area contributed by atoms with Crippen LogP contribution in [0.2, 0.25) is 0 Å². The number of likely N-dealkylation sites (tertiary alicyclic amines) is 1. The first-order valence-electron chi connectivity index (χ1n) is 9.36. The van der Waals surface area contributed by atoms with Gasteiger partial charge in [-0.15, -0.1) is 0 Å². The van der Waals surface area contributed by atoms with Gasteiger partial charge in [0.1, 0.15) is 5.82 Å². The van der Waals surface area contributed by atoms with Crippen LogP contribution >= 0.6 is 0 Å². The van der Waals surface area contributed by atoms with Crippen molar-refractivity contribution >= 4 is 11.7 Å². The van der Waals surface area contributed by atoms with Crippen LogP contribution in [-0.4, -0.2) is 54.4 Å². The third kappa shape index (κ3) is 4.63. The molecule has 138 valence electrons. The lowest BCUT2D eigenvalue weighted by atomic mass is 10.00. The van der Waals surface area contributed by atoms with Gasteiger partial charge in [-0.3, -0.25) is 0 Å². The third-order valence-corrected chi connectivity index (χ3v) is 5.35. The van der Waals surface area contributed by atoms with Gasteiger partial charge in [-0.05, 0) is 56.7 Å². The minimum Gasteiger partial charge on any atom is -0.396 e. The summed E-state index contributed by atoms with van der Waals surface area (Å²) in [6.45, 7) is 2.53. The fraction of sp³-hybridized carbons (Fsp3) is 0.632. The Hall–Kier alpha value is -1.82. The molecule has 2 heterocycles. The van der Waals surface area contributed by atoms with Crippen LogP contribution in [0.5, 0.6) is 0 Å². The van der Waals surface area contributed by atoms with Crippen LogP contribution in [-0.2, 0) is 0 Å². The molecule has 2 fully saturated rings. The van der Waals surface area contributed by atoms with Crippen LogP contribution in [0.4, 0.5) is 14.9 Å². The highest BCUT2D eigenvalue weighted by Gasteiger charge is 2.28. The molecule has 0 aromatic heterocycles. The molecule has 0 radical (unpaired) electrons. The third-order valence-electron chi connectivity index (χ3n) is 5.35. The largest absolute Gasteiger partial charge is 0.396 e. The second-order valence-corrected chi connectivity index (χ2v) is 7.05. The van der Waals surface area contributed by atoms with Crippen LogP contribution < -0.4 is 10.2 Å². The number of nitrogens with zero attached hydrogens (tertiary/aromatic N) is 2. The summed E-state index contributed by atoms with van der Waals surface area (Å²) in [6, 6.07) is 7.00. The van der Waals surface area contributed by atoms with E-state index < -0.39 is 0 Å². The number of nitrogens with one attached hydrogen (secondary N) is 1. The first-order valence-corrected chi connectivity index (χ1v) is 9.36. The molecule has 0 saturated carbocycles. The quantitative estimate of drug-likeness (QED) is 0.879. The van der Waals surface area contributed by atoms with E-state index in [1.165, 1.54) is 6.07 Å². The highest BCUT2D eigenvalue weighted by atomic mass is 19.1. The van der Waals surface area contributed by atoms with Crippen LogP contribution in [0, 0.1) is 5.82 Å². The zero-order chi connectivity index (χ0) is 17.6. The number of halogens is 1. The van der Waals surface area contributed by atoms with Crippen LogP contribution in [0.25, 0.3) is 0 Å². The number of urea groups is 1. The van der Waals surface area contributed by atoms with Gasteiger partial charge < -0.3 is 20.2 Å². The molecule has 25 heavy (non-hydrogen) atoms. The molecule has 1 aromatic rings. The van der Waals surface area contributed by atoms with E-state index in [0.29, 0.717) is 6.42 Å². The standard InChI is InChI=1S/C19H28FN3O2/c20-15-4-3-6-18(14-15)22-11-7-16(8-12-22)21-19(25)23-10-2-1-5-17(23)9-13-24/h3-4,6,14,16-17,24H,1-2,5,7-13H2,(H,21,25)/t17-/m0/s1. The molecule has 5 nitrogen and oxygen atoms in total. The van der Waals surface area contributed by atoms with Gasteiger partial charge in [0.25, 0.3) is 0 Å². The van der Waals surface area contributed by atoms with E-state index in [0.717, 1.165) is 57.4 Å².